The van der Waals surface area contributed by atoms with Gasteiger partial charge in [-0.15, -0.1) is 0 Å². The topological polar surface area (TPSA) is 55.6 Å². The maximum Gasteiger partial charge on any atom is 0.270 e. The van der Waals surface area contributed by atoms with Crippen LogP contribution in [-0.4, -0.2) is 35.6 Å². The number of hydrogen-bond acceptors (Lipinski definition) is 3. The molecule has 0 radical (unpaired) electrons. The van der Waals surface area contributed by atoms with Crippen molar-refractivity contribution in [1.82, 2.24) is 14.7 Å². The molecular formula is C12H13Cl2N3O2. The molecule has 0 aromatic carbocycles. The van der Waals surface area contributed by atoms with Crippen LogP contribution in [0.4, 0.5) is 0 Å². The van der Waals surface area contributed by atoms with E-state index in [0.29, 0.717) is 40.2 Å². The summed E-state index contributed by atoms with van der Waals surface area (Å²) in [7, 11) is 1.57. The van der Waals surface area contributed by atoms with E-state index in [4.69, 9.17) is 27.9 Å². The molecule has 2 heterocycles. The van der Waals surface area contributed by atoms with Crippen LogP contribution in [0.3, 0.4) is 0 Å². The first-order valence-corrected chi connectivity index (χ1v) is 6.41. The van der Waals surface area contributed by atoms with Crippen LogP contribution in [-0.2, 0) is 4.74 Å². The lowest BCUT2D eigenvalue weighted by molar-refractivity contribution is 0.0930. The molecule has 0 bridgehead atoms. The van der Waals surface area contributed by atoms with Gasteiger partial charge in [0.1, 0.15) is 5.69 Å². The number of pyridine rings is 1. The van der Waals surface area contributed by atoms with E-state index in [1.807, 2.05) is 0 Å². The fourth-order valence-corrected chi connectivity index (χ4v) is 2.32. The number of amides is 1. The van der Waals surface area contributed by atoms with Crippen molar-refractivity contribution in [3.8, 4) is 0 Å². The van der Waals surface area contributed by atoms with Gasteiger partial charge in [0.25, 0.3) is 5.91 Å². The number of imidazole rings is 1. The Morgan fingerprint density at radius 1 is 1.53 bits per heavy atom. The van der Waals surface area contributed by atoms with Crippen molar-refractivity contribution < 1.29 is 9.53 Å². The number of fused-ring (bicyclic) bond motifs is 1. The Bertz CT molecular complexity index is 625. The summed E-state index contributed by atoms with van der Waals surface area (Å²) in [5.74, 6) is -0.236. The molecule has 5 nitrogen and oxygen atoms in total. The van der Waals surface area contributed by atoms with Crippen LogP contribution in [0.25, 0.3) is 5.65 Å². The monoisotopic (exact) mass is 301 g/mol. The van der Waals surface area contributed by atoms with Gasteiger partial charge in [-0.3, -0.25) is 9.20 Å². The van der Waals surface area contributed by atoms with E-state index in [1.54, 1.807) is 30.7 Å². The minimum absolute atomic E-state index is 0.236. The van der Waals surface area contributed by atoms with Crippen molar-refractivity contribution in [2.75, 3.05) is 20.3 Å². The maximum absolute atomic E-state index is 12.1. The summed E-state index contributed by atoms with van der Waals surface area (Å²) in [6.45, 7) is 2.63. The van der Waals surface area contributed by atoms with E-state index in [0.717, 1.165) is 0 Å². The Morgan fingerprint density at radius 2 is 2.26 bits per heavy atom. The van der Waals surface area contributed by atoms with Crippen LogP contribution in [0, 0.1) is 6.92 Å². The Morgan fingerprint density at radius 3 is 2.95 bits per heavy atom. The zero-order valence-electron chi connectivity index (χ0n) is 10.5. The summed E-state index contributed by atoms with van der Waals surface area (Å²) >= 11 is 12.0. The number of ether oxygens (including phenoxy) is 1. The van der Waals surface area contributed by atoms with Crippen LogP contribution in [0.15, 0.2) is 12.3 Å². The number of halogens is 2. The standard InChI is InChI=1S/C12H13Cl2N3O2/c1-7-10(12(18)15-3-4-19-2)17-6-8(13)5-9(14)11(17)16-7/h5-6H,3-4H2,1-2H3,(H,15,18). The van der Waals surface area contributed by atoms with Gasteiger partial charge in [-0.05, 0) is 13.0 Å². The van der Waals surface area contributed by atoms with Crippen LogP contribution >= 0.6 is 23.2 Å². The molecule has 0 aliphatic heterocycles. The van der Waals surface area contributed by atoms with E-state index in [1.165, 1.54) is 0 Å². The molecule has 0 atom stereocenters. The molecule has 7 heteroatoms. The number of carbonyl (C=O) groups excluding carboxylic acids is 1. The van der Waals surface area contributed by atoms with Gasteiger partial charge < -0.3 is 10.1 Å². The number of aryl methyl sites for hydroxylation is 1. The molecule has 0 saturated heterocycles. The zero-order valence-corrected chi connectivity index (χ0v) is 12.0. The molecule has 0 spiro atoms. The predicted molar refractivity (Wildman–Crippen MR) is 74.2 cm³/mol. The number of hydrogen-bond donors (Lipinski definition) is 1. The third-order valence-electron chi connectivity index (χ3n) is 2.62. The molecule has 19 heavy (non-hydrogen) atoms. The molecule has 2 aromatic rings. The molecule has 0 aliphatic carbocycles. The van der Waals surface area contributed by atoms with Crippen molar-refractivity contribution in [3.63, 3.8) is 0 Å². The number of nitrogens with zero attached hydrogens (tertiary/aromatic N) is 2. The first-order valence-electron chi connectivity index (χ1n) is 5.65. The second kappa shape index (κ2) is 5.77. The average molecular weight is 302 g/mol. The Hall–Kier alpha value is -1.30. The lowest BCUT2D eigenvalue weighted by atomic mass is 10.3. The van der Waals surface area contributed by atoms with E-state index < -0.39 is 0 Å². The van der Waals surface area contributed by atoms with Crippen molar-refractivity contribution in [3.05, 3.63) is 33.7 Å². The molecule has 2 aromatic heterocycles. The average Bonchev–Trinajstić information content (AvgIpc) is 2.66. The Balaban J connectivity index is 2.42. The van der Waals surface area contributed by atoms with Crippen molar-refractivity contribution in [1.29, 1.82) is 0 Å². The molecule has 2 rings (SSSR count). The fourth-order valence-electron chi connectivity index (χ4n) is 1.81. The molecule has 1 N–H and O–H groups in total. The Kier molecular flexibility index (Phi) is 4.29. The normalized spacial score (nSPS) is 10.9. The van der Waals surface area contributed by atoms with E-state index in [9.17, 15) is 4.79 Å². The van der Waals surface area contributed by atoms with Gasteiger partial charge >= 0.3 is 0 Å². The summed E-state index contributed by atoms with van der Waals surface area (Å²) < 4.78 is 6.49. The van der Waals surface area contributed by atoms with Crippen molar-refractivity contribution >= 4 is 34.8 Å². The number of methoxy groups -OCH3 is 1. The van der Waals surface area contributed by atoms with Gasteiger partial charge in [0.15, 0.2) is 5.65 Å². The SMILES string of the molecule is COCCNC(=O)c1c(C)nc2c(Cl)cc(Cl)cn12. The molecule has 0 fully saturated rings. The molecule has 0 saturated carbocycles. The smallest absolute Gasteiger partial charge is 0.270 e. The summed E-state index contributed by atoms with van der Waals surface area (Å²) in [5.41, 5.74) is 1.54. The molecule has 1 amide bonds. The second-order valence-electron chi connectivity index (χ2n) is 3.99. The molecular weight excluding hydrogens is 289 g/mol. The minimum Gasteiger partial charge on any atom is -0.383 e. The first kappa shape index (κ1) is 14.1. The summed E-state index contributed by atoms with van der Waals surface area (Å²) in [6, 6.07) is 1.59. The predicted octanol–water partition coefficient (Wildman–Crippen LogP) is 2.33. The summed E-state index contributed by atoms with van der Waals surface area (Å²) in [6.07, 6.45) is 1.62. The van der Waals surface area contributed by atoms with Gasteiger partial charge in [-0.2, -0.15) is 0 Å². The van der Waals surface area contributed by atoms with Crippen LogP contribution in [0.2, 0.25) is 10.0 Å². The van der Waals surface area contributed by atoms with Gasteiger partial charge in [0.05, 0.1) is 22.3 Å². The Labute approximate surface area is 120 Å². The van der Waals surface area contributed by atoms with Crippen LogP contribution in [0.5, 0.6) is 0 Å². The van der Waals surface area contributed by atoms with E-state index in [2.05, 4.69) is 10.3 Å². The number of carbonyl (C=O) groups is 1. The van der Waals surface area contributed by atoms with Gasteiger partial charge in [0, 0.05) is 19.9 Å². The third kappa shape index (κ3) is 2.83. The highest BCUT2D eigenvalue weighted by molar-refractivity contribution is 6.36. The second-order valence-corrected chi connectivity index (χ2v) is 4.84. The highest BCUT2D eigenvalue weighted by atomic mass is 35.5. The van der Waals surface area contributed by atoms with Crippen molar-refractivity contribution in [2.45, 2.75) is 6.92 Å². The minimum atomic E-state index is -0.236. The fraction of sp³-hybridized carbons (Fsp3) is 0.333. The zero-order chi connectivity index (χ0) is 14.0. The maximum atomic E-state index is 12.1. The highest BCUT2D eigenvalue weighted by Crippen LogP contribution is 2.24. The van der Waals surface area contributed by atoms with E-state index >= 15 is 0 Å². The summed E-state index contributed by atoms with van der Waals surface area (Å²) in [4.78, 5) is 16.4. The van der Waals surface area contributed by atoms with Crippen LogP contribution < -0.4 is 5.32 Å². The van der Waals surface area contributed by atoms with Gasteiger partial charge in [-0.1, -0.05) is 23.2 Å². The van der Waals surface area contributed by atoms with Crippen LogP contribution in [0.1, 0.15) is 16.2 Å². The first-order chi connectivity index (χ1) is 9.04. The van der Waals surface area contributed by atoms with Gasteiger partial charge in [0.2, 0.25) is 0 Å². The number of rotatable bonds is 4. The lowest BCUT2D eigenvalue weighted by Gasteiger charge is -2.06. The molecule has 0 unspecified atom stereocenters. The quantitative estimate of drug-likeness (QED) is 0.882. The summed E-state index contributed by atoms with van der Waals surface area (Å²) in [5, 5.41) is 3.60. The van der Waals surface area contributed by atoms with Crippen molar-refractivity contribution in [2.24, 2.45) is 0 Å². The van der Waals surface area contributed by atoms with E-state index in [-0.39, 0.29) is 5.91 Å². The molecule has 0 aliphatic rings. The number of nitrogens with one attached hydrogen (secondary N) is 1. The third-order valence-corrected chi connectivity index (χ3v) is 3.11. The number of aromatic nitrogens is 2. The molecule has 102 valence electrons. The highest BCUT2D eigenvalue weighted by Gasteiger charge is 2.18. The largest absolute Gasteiger partial charge is 0.383 e. The lowest BCUT2D eigenvalue weighted by Crippen LogP contribution is -2.28. The van der Waals surface area contributed by atoms with Gasteiger partial charge in [-0.25, -0.2) is 4.98 Å².